The molecule has 0 spiro atoms. The Morgan fingerprint density at radius 2 is 1.46 bits per heavy atom. The number of hydrogen-bond donors (Lipinski definition) is 0. The molecule has 0 aliphatic carbocycles. The summed E-state index contributed by atoms with van der Waals surface area (Å²) in [7, 11) is 0. The number of halogens is 1. The van der Waals surface area contributed by atoms with Gasteiger partial charge in [-0.1, -0.05) is 21.0 Å². The van der Waals surface area contributed by atoms with Gasteiger partial charge in [0.25, 0.3) is 11.8 Å². The van der Waals surface area contributed by atoms with Crippen LogP contribution in [0.4, 0.5) is 9.59 Å². The van der Waals surface area contributed by atoms with Crippen LogP contribution in [0, 0.1) is 0 Å². The Bertz CT molecular complexity index is 842. The molecule has 9 nitrogen and oxygen atoms in total. The van der Waals surface area contributed by atoms with E-state index in [4.69, 9.17) is 9.57 Å². The van der Waals surface area contributed by atoms with Crippen molar-refractivity contribution in [2.75, 3.05) is 26.2 Å². The molecule has 0 atom stereocenters. The van der Waals surface area contributed by atoms with E-state index in [1.807, 2.05) is 0 Å². The fourth-order valence-corrected chi connectivity index (χ4v) is 3.17. The number of amides is 4. The molecule has 0 radical (unpaired) electrons. The van der Waals surface area contributed by atoms with Crippen LogP contribution in [-0.2, 0) is 9.57 Å². The highest BCUT2D eigenvalue weighted by molar-refractivity contribution is 9.10. The van der Waals surface area contributed by atoms with Gasteiger partial charge < -0.3 is 19.4 Å². The first kappa shape index (κ1) is 20.1. The summed E-state index contributed by atoms with van der Waals surface area (Å²) in [6.45, 7) is 6.26. The maximum absolute atomic E-state index is 12.4. The third kappa shape index (κ3) is 4.11. The summed E-state index contributed by atoms with van der Waals surface area (Å²) in [5.41, 5.74) is -0.258. The zero-order valence-corrected chi connectivity index (χ0v) is 17.3. The van der Waals surface area contributed by atoms with E-state index in [-0.39, 0.29) is 37.3 Å². The maximum Gasteiger partial charge on any atom is 0.434 e. The molecule has 1 aromatic carbocycles. The largest absolute Gasteiger partial charge is 0.444 e. The minimum atomic E-state index is -0.822. The van der Waals surface area contributed by atoms with Gasteiger partial charge in [0.05, 0.1) is 11.1 Å². The fourth-order valence-electron chi connectivity index (χ4n) is 2.81. The lowest BCUT2D eigenvalue weighted by atomic mass is 10.1. The standard InChI is InChI=1S/C18H20BrN3O6/c1-18(2,3)27-16(25)20-6-8-21(9-7-20)17(26)28-22-14(23)12-5-4-11(19)10-13(12)15(22)24/h4-5,10H,6-9H2,1-3H3. The molecule has 0 N–H and O–H groups in total. The highest BCUT2D eigenvalue weighted by atomic mass is 79.9. The number of rotatable bonds is 1. The van der Waals surface area contributed by atoms with Crippen LogP contribution in [0.15, 0.2) is 22.7 Å². The van der Waals surface area contributed by atoms with E-state index in [1.54, 1.807) is 26.8 Å². The molecule has 28 heavy (non-hydrogen) atoms. The number of fused-ring (bicyclic) bond motifs is 1. The minimum Gasteiger partial charge on any atom is -0.444 e. The van der Waals surface area contributed by atoms with E-state index in [0.717, 1.165) is 0 Å². The van der Waals surface area contributed by atoms with Crippen LogP contribution in [0.1, 0.15) is 41.5 Å². The summed E-state index contributed by atoms with van der Waals surface area (Å²) >= 11 is 3.24. The van der Waals surface area contributed by atoms with Gasteiger partial charge in [0, 0.05) is 30.7 Å². The van der Waals surface area contributed by atoms with Gasteiger partial charge in [0.1, 0.15) is 5.60 Å². The van der Waals surface area contributed by atoms with Crippen LogP contribution in [-0.4, -0.2) is 70.6 Å². The number of carbonyl (C=O) groups is 4. The number of piperazine rings is 1. The molecule has 0 saturated carbocycles. The number of ether oxygens (including phenoxy) is 1. The minimum absolute atomic E-state index is 0.168. The van der Waals surface area contributed by atoms with Gasteiger partial charge in [-0.05, 0) is 39.0 Å². The number of imide groups is 1. The number of hydrogen-bond acceptors (Lipinski definition) is 6. The summed E-state index contributed by atoms with van der Waals surface area (Å²) < 4.78 is 5.94. The first-order chi connectivity index (χ1) is 13.1. The van der Waals surface area contributed by atoms with Crippen molar-refractivity contribution in [1.82, 2.24) is 14.9 Å². The molecule has 3 rings (SSSR count). The predicted octanol–water partition coefficient (Wildman–Crippen LogP) is 2.65. The molecule has 1 saturated heterocycles. The first-order valence-corrected chi connectivity index (χ1v) is 9.49. The van der Waals surface area contributed by atoms with Crippen LogP contribution >= 0.6 is 15.9 Å². The second kappa shape index (κ2) is 7.42. The molecule has 2 aliphatic rings. The van der Waals surface area contributed by atoms with Crippen molar-refractivity contribution in [3.63, 3.8) is 0 Å². The Balaban J connectivity index is 1.58. The molecule has 2 heterocycles. The summed E-state index contributed by atoms with van der Waals surface area (Å²) in [4.78, 5) is 57.0. The zero-order chi connectivity index (χ0) is 20.6. The summed E-state index contributed by atoms with van der Waals surface area (Å²) in [6.07, 6.45) is -1.27. The van der Waals surface area contributed by atoms with Crippen molar-refractivity contribution in [1.29, 1.82) is 0 Å². The van der Waals surface area contributed by atoms with Gasteiger partial charge in [-0.3, -0.25) is 9.59 Å². The van der Waals surface area contributed by atoms with E-state index in [2.05, 4.69) is 15.9 Å². The molecule has 1 aromatic rings. The Labute approximate surface area is 170 Å². The molecule has 0 bridgehead atoms. The van der Waals surface area contributed by atoms with Gasteiger partial charge >= 0.3 is 12.2 Å². The SMILES string of the molecule is CC(C)(C)OC(=O)N1CCN(C(=O)ON2C(=O)c3ccc(Br)cc3C2=O)CC1. The lowest BCUT2D eigenvalue weighted by Gasteiger charge is -2.35. The topological polar surface area (TPSA) is 96.5 Å². The van der Waals surface area contributed by atoms with E-state index in [1.165, 1.54) is 21.9 Å². The monoisotopic (exact) mass is 453 g/mol. The molecule has 150 valence electrons. The van der Waals surface area contributed by atoms with E-state index < -0.39 is 29.6 Å². The second-order valence-corrected chi connectivity index (χ2v) is 8.32. The lowest BCUT2D eigenvalue weighted by molar-refractivity contribution is -0.0607. The Kier molecular flexibility index (Phi) is 5.33. The fraction of sp³-hybridized carbons (Fsp3) is 0.444. The number of carbonyl (C=O) groups excluding carboxylic acids is 4. The molecule has 1 fully saturated rings. The average molecular weight is 454 g/mol. The number of nitrogens with zero attached hydrogens (tertiary/aromatic N) is 3. The molecule has 10 heteroatoms. The quantitative estimate of drug-likeness (QED) is 0.606. The summed E-state index contributed by atoms with van der Waals surface area (Å²) in [5.74, 6) is -1.38. The third-order valence-electron chi connectivity index (χ3n) is 4.17. The number of benzene rings is 1. The van der Waals surface area contributed by atoms with Gasteiger partial charge in [0.2, 0.25) is 0 Å². The Hall–Kier alpha value is -2.62. The average Bonchev–Trinajstić information content (AvgIpc) is 2.85. The normalized spacial score (nSPS) is 16.9. The lowest BCUT2D eigenvalue weighted by Crippen LogP contribution is -2.52. The molecular weight excluding hydrogens is 434 g/mol. The van der Waals surface area contributed by atoms with Crippen molar-refractivity contribution < 1.29 is 28.8 Å². The van der Waals surface area contributed by atoms with Gasteiger partial charge in [-0.15, -0.1) is 0 Å². The van der Waals surface area contributed by atoms with Crippen molar-refractivity contribution in [2.24, 2.45) is 0 Å². The van der Waals surface area contributed by atoms with Crippen LogP contribution in [0.3, 0.4) is 0 Å². The Morgan fingerprint density at radius 3 is 2.04 bits per heavy atom. The van der Waals surface area contributed by atoms with Crippen molar-refractivity contribution in [3.8, 4) is 0 Å². The summed E-state index contributed by atoms with van der Waals surface area (Å²) in [6, 6.07) is 4.63. The summed E-state index contributed by atoms with van der Waals surface area (Å²) in [5, 5.41) is 0.472. The second-order valence-electron chi connectivity index (χ2n) is 7.41. The van der Waals surface area contributed by atoms with Crippen LogP contribution in [0.25, 0.3) is 0 Å². The van der Waals surface area contributed by atoms with Crippen LogP contribution in [0.5, 0.6) is 0 Å². The number of hydroxylamine groups is 2. The molecule has 4 amide bonds. The molecule has 2 aliphatic heterocycles. The van der Waals surface area contributed by atoms with Crippen molar-refractivity contribution >= 4 is 39.9 Å². The molecule has 0 aromatic heterocycles. The van der Waals surface area contributed by atoms with Gasteiger partial charge in [0.15, 0.2) is 0 Å². The van der Waals surface area contributed by atoms with Crippen molar-refractivity contribution in [2.45, 2.75) is 26.4 Å². The van der Waals surface area contributed by atoms with Gasteiger partial charge in [-0.2, -0.15) is 0 Å². The zero-order valence-electron chi connectivity index (χ0n) is 15.7. The van der Waals surface area contributed by atoms with Crippen LogP contribution in [0.2, 0.25) is 0 Å². The highest BCUT2D eigenvalue weighted by Crippen LogP contribution is 2.26. The van der Waals surface area contributed by atoms with E-state index in [0.29, 0.717) is 9.54 Å². The first-order valence-electron chi connectivity index (χ1n) is 8.70. The Morgan fingerprint density at radius 1 is 0.929 bits per heavy atom. The van der Waals surface area contributed by atoms with E-state index >= 15 is 0 Å². The molecular formula is C18H20BrN3O6. The van der Waals surface area contributed by atoms with Crippen molar-refractivity contribution in [3.05, 3.63) is 33.8 Å². The third-order valence-corrected chi connectivity index (χ3v) is 4.66. The van der Waals surface area contributed by atoms with E-state index in [9.17, 15) is 19.2 Å². The smallest absolute Gasteiger partial charge is 0.434 e. The molecule has 0 unspecified atom stereocenters. The predicted molar refractivity (Wildman–Crippen MR) is 101 cm³/mol. The van der Waals surface area contributed by atoms with Gasteiger partial charge in [-0.25, -0.2) is 9.59 Å². The maximum atomic E-state index is 12.4. The highest BCUT2D eigenvalue weighted by Gasteiger charge is 2.40. The van der Waals surface area contributed by atoms with Crippen LogP contribution < -0.4 is 0 Å².